The van der Waals surface area contributed by atoms with Gasteiger partial charge in [-0.25, -0.2) is 9.59 Å². The van der Waals surface area contributed by atoms with E-state index in [9.17, 15) is 14.4 Å². The quantitative estimate of drug-likeness (QED) is 0.598. The molecule has 0 unspecified atom stereocenters. The summed E-state index contributed by atoms with van der Waals surface area (Å²) < 4.78 is 0. The first-order chi connectivity index (χ1) is 6.81. The zero-order valence-corrected chi connectivity index (χ0v) is 8.14. The second kappa shape index (κ2) is 8.49. The Labute approximate surface area is 86.2 Å². The molecule has 0 rings (SSSR count). The lowest BCUT2D eigenvalue weighted by Gasteiger charge is -1.91. The minimum atomic E-state index is -1.27. The monoisotopic (exact) mass is 216 g/mol. The largest absolute Gasteiger partial charge is 0.481 e. The van der Waals surface area contributed by atoms with E-state index in [4.69, 9.17) is 15.3 Å². The molecule has 0 aliphatic heterocycles. The van der Waals surface area contributed by atoms with Crippen LogP contribution in [0.2, 0.25) is 0 Å². The van der Waals surface area contributed by atoms with Gasteiger partial charge < -0.3 is 15.3 Å². The second-order valence-electron chi connectivity index (χ2n) is 2.32. The van der Waals surface area contributed by atoms with Gasteiger partial charge in [0.15, 0.2) is 0 Å². The molecule has 0 radical (unpaired) electrons. The van der Waals surface area contributed by atoms with Crippen molar-refractivity contribution in [1.82, 2.24) is 0 Å². The van der Waals surface area contributed by atoms with E-state index in [1.165, 1.54) is 6.08 Å². The molecule has 0 amide bonds. The van der Waals surface area contributed by atoms with Crippen molar-refractivity contribution in [3.63, 3.8) is 0 Å². The molecule has 6 heteroatoms. The van der Waals surface area contributed by atoms with Crippen molar-refractivity contribution < 1.29 is 29.7 Å². The van der Waals surface area contributed by atoms with E-state index >= 15 is 0 Å². The van der Waals surface area contributed by atoms with Gasteiger partial charge in [-0.3, -0.25) is 4.79 Å². The van der Waals surface area contributed by atoms with Gasteiger partial charge in [-0.15, -0.1) is 0 Å². The van der Waals surface area contributed by atoms with E-state index in [0.717, 1.165) is 6.08 Å². The van der Waals surface area contributed by atoms with Gasteiger partial charge >= 0.3 is 17.9 Å². The Hall–Kier alpha value is -2.11. The summed E-state index contributed by atoms with van der Waals surface area (Å²) in [5, 5.41) is 23.9. The molecule has 0 aromatic carbocycles. The average Bonchev–Trinajstić information content (AvgIpc) is 2.03. The molecular formula is C9H12O6. The molecule has 15 heavy (non-hydrogen) atoms. The van der Waals surface area contributed by atoms with Gasteiger partial charge in [-0.1, -0.05) is 12.7 Å². The number of carboxylic acids is 3. The fourth-order valence-corrected chi connectivity index (χ4v) is 0.401. The van der Waals surface area contributed by atoms with Crippen molar-refractivity contribution in [3.8, 4) is 0 Å². The maximum Gasteiger partial charge on any atom is 0.331 e. The van der Waals surface area contributed by atoms with Gasteiger partial charge in [0.1, 0.15) is 0 Å². The molecule has 3 N–H and O–H groups in total. The number of carboxylic acid groups (broad SMARTS) is 3. The predicted molar refractivity (Wildman–Crippen MR) is 51.5 cm³/mol. The molecule has 0 bridgehead atoms. The first-order valence-corrected chi connectivity index (χ1v) is 3.79. The third kappa shape index (κ3) is 14.7. The van der Waals surface area contributed by atoms with Gasteiger partial charge in [0.05, 0.1) is 6.42 Å². The van der Waals surface area contributed by atoms with Crippen molar-refractivity contribution in [2.75, 3.05) is 0 Å². The predicted octanol–water partition coefficient (Wildman–Crippen LogP) is 0.749. The van der Waals surface area contributed by atoms with Crippen LogP contribution in [-0.2, 0) is 14.4 Å². The van der Waals surface area contributed by atoms with E-state index in [0.29, 0.717) is 0 Å². The first kappa shape index (κ1) is 15.4. The van der Waals surface area contributed by atoms with Gasteiger partial charge in [0, 0.05) is 11.6 Å². The second-order valence-corrected chi connectivity index (χ2v) is 2.32. The fraction of sp³-hybridized carbons (Fsp3) is 0.222. The van der Waals surface area contributed by atoms with E-state index in [-0.39, 0.29) is 5.57 Å². The van der Waals surface area contributed by atoms with Crippen LogP contribution >= 0.6 is 0 Å². The number of rotatable bonds is 4. The number of carbonyl (C=O) groups is 3. The Balaban J connectivity index is 0. The van der Waals surface area contributed by atoms with Crippen LogP contribution in [0.3, 0.4) is 0 Å². The van der Waals surface area contributed by atoms with Crippen molar-refractivity contribution in [1.29, 1.82) is 0 Å². The molecule has 84 valence electrons. The van der Waals surface area contributed by atoms with E-state index < -0.39 is 24.3 Å². The molecule has 6 nitrogen and oxygen atoms in total. The highest BCUT2D eigenvalue weighted by Gasteiger charge is 2.07. The highest BCUT2D eigenvalue weighted by Crippen LogP contribution is 1.95. The van der Waals surface area contributed by atoms with Gasteiger partial charge in [-0.2, -0.15) is 0 Å². The van der Waals surface area contributed by atoms with Crippen LogP contribution in [0.1, 0.15) is 13.3 Å². The lowest BCUT2D eigenvalue weighted by Crippen LogP contribution is -2.04. The van der Waals surface area contributed by atoms with Gasteiger partial charge in [-0.05, 0) is 6.92 Å². The lowest BCUT2D eigenvalue weighted by molar-refractivity contribution is -0.139. The Bertz CT molecular complexity index is 289. The minimum absolute atomic E-state index is 0.303. The third-order valence-corrected chi connectivity index (χ3v) is 0.976. The van der Waals surface area contributed by atoms with Crippen LogP contribution in [0.15, 0.2) is 24.3 Å². The molecule has 0 aliphatic carbocycles. The minimum Gasteiger partial charge on any atom is -0.481 e. The van der Waals surface area contributed by atoms with Crippen LogP contribution in [0.4, 0.5) is 0 Å². The van der Waals surface area contributed by atoms with Crippen molar-refractivity contribution >= 4 is 17.9 Å². The number of hydrogen-bond donors (Lipinski definition) is 3. The Kier molecular flexibility index (Phi) is 8.69. The molecule has 0 heterocycles. The van der Waals surface area contributed by atoms with Crippen molar-refractivity contribution in [2.45, 2.75) is 13.3 Å². The number of aliphatic carboxylic acids is 3. The highest BCUT2D eigenvalue weighted by molar-refractivity contribution is 5.91. The third-order valence-electron chi connectivity index (χ3n) is 0.976. The van der Waals surface area contributed by atoms with Crippen LogP contribution in [0.25, 0.3) is 0 Å². The van der Waals surface area contributed by atoms with E-state index in [1.54, 1.807) is 6.92 Å². The maximum absolute atomic E-state index is 9.87. The van der Waals surface area contributed by atoms with Gasteiger partial charge in [0.25, 0.3) is 0 Å². The smallest absolute Gasteiger partial charge is 0.331 e. The molecular weight excluding hydrogens is 204 g/mol. The highest BCUT2D eigenvalue weighted by atomic mass is 16.4. The summed E-state index contributed by atoms with van der Waals surface area (Å²) >= 11 is 0. The van der Waals surface area contributed by atoms with Crippen molar-refractivity contribution in [2.24, 2.45) is 0 Å². The van der Waals surface area contributed by atoms with Crippen LogP contribution in [0, 0.1) is 0 Å². The standard InChI is InChI=1S/C5H6O4.C4H6O2/c1-3(5(8)9)2-4(6)7;1-2-3-4(5)6/h1-2H2,(H,6,7)(H,8,9);2-3H,1H3,(H,5,6). The number of allylic oxidation sites excluding steroid dienone is 1. The zero-order chi connectivity index (χ0) is 12.4. The molecule has 0 aromatic rings. The SMILES string of the molecule is C=C(CC(=O)O)C(=O)O.CC=CC(=O)O. The number of hydrogen-bond acceptors (Lipinski definition) is 3. The van der Waals surface area contributed by atoms with Crippen molar-refractivity contribution in [3.05, 3.63) is 24.3 Å². The Morgan fingerprint density at radius 1 is 1.20 bits per heavy atom. The van der Waals surface area contributed by atoms with Gasteiger partial charge in [0.2, 0.25) is 0 Å². The topological polar surface area (TPSA) is 112 Å². The molecule has 0 saturated carbocycles. The molecule has 0 atom stereocenters. The van der Waals surface area contributed by atoms with E-state index in [2.05, 4.69) is 6.58 Å². The Morgan fingerprint density at radius 2 is 1.67 bits per heavy atom. The lowest BCUT2D eigenvalue weighted by atomic mass is 10.2. The summed E-state index contributed by atoms with van der Waals surface area (Å²) in [4.78, 5) is 29.2. The molecule has 0 aliphatic rings. The molecule has 0 saturated heterocycles. The first-order valence-electron chi connectivity index (χ1n) is 3.79. The van der Waals surface area contributed by atoms with Crippen LogP contribution < -0.4 is 0 Å². The molecule has 0 aromatic heterocycles. The summed E-state index contributed by atoms with van der Waals surface area (Å²) in [6.07, 6.45) is 2.05. The summed E-state index contributed by atoms with van der Waals surface area (Å²) in [5.74, 6) is -3.34. The zero-order valence-electron chi connectivity index (χ0n) is 8.14. The summed E-state index contributed by atoms with van der Waals surface area (Å²) in [6.45, 7) is 4.67. The summed E-state index contributed by atoms with van der Waals surface area (Å²) in [7, 11) is 0. The summed E-state index contributed by atoms with van der Waals surface area (Å²) in [5.41, 5.74) is -0.303. The van der Waals surface area contributed by atoms with Crippen LogP contribution in [0.5, 0.6) is 0 Å². The Morgan fingerprint density at radius 3 is 1.73 bits per heavy atom. The van der Waals surface area contributed by atoms with E-state index in [1.807, 2.05) is 0 Å². The van der Waals surface area contributed by atoms with Crippen LogP contribution in [-0.4, -0.2) is 33.2 Å². The summed E-state index contributed by atoms with van der Waals surface area (Å²) in [6, 6.07) is 0. The fourth-order valence-electron chi connectivity index (χ4n) is 0.401. The molecule has 0 fully saturated rings. The molecule has 0 spiro atoms. The normalized spacial score (nSPS) is 8.87. The average molecular weight is 216 g/mol. The maximum atomic E-state index is 9.87.